The molecule has 0 spiro atoms. The van der Waals surface area contributed by atoms with Crippen molar-refractivity contribution in [3.8, 4) is 5.75 Å². The molecule has 2 rings (SSSR count). The lowest BCUT2D eigenvalue weighted by molar-refractivity contribution is -0.147. The van der Waals surface area contributed by atoms with E-state index in [0.717, 1.165) is 0 Å². The second-order valence-corrected chi connectivity index (χ2v) is 7.94. The molecule has 0 bridgehead atoms. The van der Waals surface area contributed by atoms with Crippen LogP contribution in [-0.4, -0.2) is 46.3 Å². The standard InChI is InChI=1S/C20H22N2O7S/c1-14(23)15-4-3-5-16(12-15)22-19(24)13-29-20(25)10-11-21-30(26,27)18-8-6-17(28-2)7-9-18/h3-9,12,21H,10-11,13H2,1-2H3,(H,22,24). The molecule has 0 saturated carbocycles. The van der Waals surface area contributed by atoms with Gasteiger partial charge in [-0.2, -0.15) is 0 Å². The Hall–Kier alpha value is -3.24. The highest BCUT2D eigenvalue weighted by Gasteiger charge is 2.15. The van der Waals surface area contributed by atoms with Gasteiger partial charge in [-0.1, -0.05) is 12.1 Å². The average Bonchev–Trinajstić information content (AvgIpc) is 2.72. The van der Waals surface area contributed by atoms with Crippen LogP contribution < -0.4 is 14.8 Å². The maximum Gasteiger partial charge on any atom is 0.307 e. The number of hydrogen-bond acceptors (Lipinski definition) is 7. The number of rotatable bonds is 10. The van der Waals surface area contributed by atoms with Crippen LogP contribution in [0.1, 0.15) is 23.7 Å². The van der Waals surface area contributed by atoms with Gasteiger partial charge >= 0.3 is 5.97 Å². The van der Waals surface area contributed by atoms with Crippen LogP contribution in [0.2, 0.25) is 0 Å². The van der Waals surface area contributed by atoms with Crippen molar-refractivity contribution < 1.29 is 32.3 Å². The van der Waals surface area contributed by atoms with E-state index in [2.05, 4.69) is 10.0 Å². The molecule has 0 heterocycles. The van der Waals surface area contributed by atoms with Gasteiger partial charge in [0.25, 0.3) is 5.91 Å². The van der Waals surface area contributed by atoms with Gasteiger partial charge in [0.15, 0.2) is 12.4 Å². The van der Waals surface area contributed by atoms with Crippen LogP contribution in [-0.2, 0) is 24.3 Å². The van der Waals surface area contributed by atoms with E-state index in [4.69, 9.17) is 9.47 Å². The Morgan fingerprint density at radius 3 is 2.37 bits per heavy atom. The second kappa shape index (κ2) is 10.5. The molecule has 0 radical (unpaired) electrons. The van der Waals surface area contributed by atoms with Crippen molar-refractivity contribution in [1.82, 2.24) is 4.72 Å². The molecule has 160 valence electrons. The summed E-state index contributed by atoms with van der Waals surface area (Å²) in [7, 11) is -2.32. The SMILES string of the molecule is COc1ccc(S(=O)(=O)NCCC(=O)OCC(=O)Nc2cccc(C(C)=O)c2)cc1. The van der Waals surface area contributed by atoms with Gasteiger partial charge in [0.2, 0.25) is 10.0 Å². The summed E-state index contributed by atoms with van der Waals surface area (Å²) < 4.78 is 36.4. The van der Waals surface area contributed by atoms with Crippen LogP contribution in [0, 0.1) is 0 Å². The number of anilines is 1. The lowest BCUT2D eigenvalue weighted by Crippen LogP contribution is -2.28. The number of sulfonamides is 1. The Morgan fingerprint density at radius 1 is 1.03 bits per heavy atom. The van der Waals surface area contributed by atoms with Crippen molar-refractivity contribution in [2.75, 3.05) is 25.6 Å². The van der Waals surface area contributed by atoms with Gasteiger partial charge in [-0.05, 0) is 43.3 Å². The number of esters is 1. The molecular formula is C20H22N2O7S. The molecule has 0 atom stereocenters. The van der Waals surface area contributed by atoms with Crippen LogP contribution >= 0.6 is 0 Å². The van der Waals surface area contributed by atoms with E-state index < -0.39 is 28.5 Å². The van der Waals surface area contributed by atoms with Crippen LogP contribution in [0.4, 0.5) is 5.69 Å². The van der Waals surface area contributed by atoms with Gasteiger partial charge in [0, 0.05) is 17.8 Å². The van der Waals surface area contributed by atoms with Crippen molar-refractivity contribution in [1.29, 1.82) is 0 Å². The Morgan fingerprint density at radius 2 is 1.73 bits per heavy atom. The van der Waals surface area contributed by atoms with E-state index in [1.807, 2.05) is 0 Å². The third-order valence-corrected chi connectivity index (χ3v) is 5.38. The summed E-state index contributed by atoms with van der Waals surface area (Å²) in [5, 5.41) is 2.51. The molecule has 2 aromatic carbocycles. The predicted octanol–water partition coefficient (Wildman–Crippen LogP) is 1.75. The number of carbonyl (C=O) groups excluding carboxylic acids is 3. The maximum absolute atomic E-state index is 12.2. The van der Waals surface area contributed by atoms with Gasteiger partial charge in [-0.25, -0.2) is 13.1 Å². The molecule has 1 amide bonds. The largest absolute Gasteiger partial charge is 0.497 e. The van der Waals surface area contributed by atoms with Crippen LogP contribution in [0.5, 0.6) is 5.75 Å². The second-order valence-electron chi connectivity index (χ2n) is 6.17. The normalized spacial score (nSPS) is 10.9. The number of methoxy groups -OCH3 is 1. The number of benzene rings is 2. The van der Waals surface area contributed by atoms with Crippen LogP contribution in [0.25, 0.3) is 0 Å². The van der Waals surface area contributed by atoms with Crippen LogP contribution in [0.15, 0.2) is 53.4 Å². The van der Waals surface area contributed by atoms with Crippen molar-refractivity contribution >= 4 is 33.4 Å². The smallest absolute Gasteiger partial charge is 0.307 e. The minimum Gasteiger partial charge on any atom is -0.497 e. The monoisotopic (exact) mass is 434 g/mol. The fraction of sp³-hybridized carbons (Fsp3) is 0.250. The molecule has 2 N–H and O–H groups in total. The fourth-order valence-electron chi connectivity index (χ4n) is 2.36. The summed E-state index contributed by atoms with van der Waals surface area (Å²) in [6, 6.07) is 12.1. The highest BCUT2D eigenvalue weighted by Crippen LogP contribution is 2.15. The van der Waals surface area contributed by atoms with E-state index in [1.54, 1.807) is 18.2 Å². The zero-order chi connectivity index (χ0) is 22.1. The van der Waals surface area contributed by atoms with Gasteiger partial charge < -0.3 is 14.8 Å². The number of amides is 1. The molecule has 0 aromatic heterocycles. The highest BCUT2D eigenvalue weighted by molar-refractivity contribution is 7.89. The summed E-state index contributed by atoms with van der Waals surface area (Å²) in [6.45, 7) is 0.690. The topological polar surface area (TPSA) is 128 Å². The first-order valence-corrected chi connectivity index (χ1v) is 10.4. The first kappa shape index (κ1) is 23.0. The van der Waals surface area contributed by atoms with E-state index in [9.17, 15) is 22.8 Å². The average molecular weight is 434 g/mol. The lowest BCUT2D eigenvalue weighted by Gasteiger charge is -2.09. The van der Waals surface area contributed by atoms with Gasteiger partial charge in [0.05, 0.1) is 18.4 Å². The Balaban J connectivity index is 1.75. The molecule has 0 aliphatic rings. The number of hydrogen-bond donors (Lipinski definition) is 2. The van der Waals surface area contributed by atoms with Gasteiger partial charge in [-0.15, -0.1) is 0 Å². The first-order valence-electron chi connectivity index (χ1n) is 8.91. The summed E-state index contributed by atoms with van der Waals surface area (Å²) in [4.78, 5) is 35.0. The van der Waals surface area contributed by atoms with E-state index in [0.29, 0.717) is 17.0 Å². The van der Waals surface area contributed by atoms with Crippen molar-refractivity contribution in [3.63, 3.8) is 0 Å². The number of Topliss-reactive ketones (excluding diaryl/α,β-unsaturated/α-hetero) is 1. The zero-order valence-electron chi connectivity index (χ0n) is 16.5. The van der Waals surface area contributed by atoms with E-state index in [1.165, 1.54) is 44.4 Å². The molecule has 2 aromatic rings. The van der Waals surface area contributed by atoms with E-state index in [-0.39, 0.29) is 23.6 Å². The molecule has 0 unspecified atom stereocenters. The molecule has 0 saturated heterocycles. The number of nitrogens with one attached hydrogen (secondary N) is 2. The Labute approximate surface area is 174 Å². The molecule has 30 heavy (non-hydrogen) atoms. The molecular weight excluding hydrogens is 412 g/mol. The van der Waals surface area contributed by atoms with Gasteiger partial charge in [0.1, 0.15) is 5.75 Å². The number of ether oxygens (including phenoxy) is 2. The molecule has 0 aliphatic heterocycles. The maximum atomic E-state index is 12.2. The number of carbonyl (C=O) groups is 3. The third kappa shape index (κ3) is 6.98. The van der Waals surface area contributed by atoms with Crippen molar-refractivity contribution in [2.24, 2.45) is 0 Å². The highest BCUT2D eigenvalue weighted by atomic mass is 32.2. The minimum absolute atomic E-state index is 0.0313. The Kier molecular flexibility index (Phi) is 8.07. The quantitative estimate of drug-likeness (QED) is 0.431. The summed E-state index contributed by atoms with van der Waals surface area (Å²) in [5.74, 6) is -0.943. The minimum atomic E-state index is -3.78. The number of ketones is 1. The summed E-state index contributed by atoms with van der Waals surface area (Å²) in [5.41, 5.74) is 0.838. The fourth-order valence-corrected chi connectivity index (χ4v) is 3.39. The molecule has 9 nitrogen and oxygen atoms in total. The van der Waals surface area contributed by atoms with Crippen LogP contribution in [0.3, 0.4) is 0 Å². The third-order valence-electron chi connectivity index (χ3n) is 3.91. The Bertz CT molecular complexity index is 1020. The van der Waals surface area contributed by atoms with Crippen molar-refractivity contribution in [2.45, 2.75) is 18.2 Å². The summed E-state index contributed by atoms with van der Waals surface area (Å²) in [6.07, 6.45) is -0.248. The predicted molar refractivity (Wildman–Crippen MR) is 109 cm³/mol. The van der Waals surface area contributed by atoms with E-state index >= 15 is 0 Å². The lowest BCUT2D eigenvalue weighted by atomic mass is 10.1. The molecule has 0 fully saturated rings. The first-order chi connectivity index (χ1) is 14.2. The molecule has 0 aliphatic carbocycles. The zero-order valence-corrected chi connectivity index (χ0v) is 17.3. The summed E-state index contributed by atoms with van der Waals surface area (Å²) >= 11 is 0. The van der Waals surface area contributed by atoms with Gasteiger partial charge in [-0.3, -0.25) is 14.4 Å². The molecule has 10 heteroatoms. The van der Waals surface area contributed by atoms with Crippen molar-refractivity contribution in [3.05, 3.63) is 54.1 Å².